The van der Waals surface area contributed by atoms with Gasteiger partial charge in [0.15, 0.2) is 0 Å². The van der Waals surface area contributed by atoms with Crippen molar-refractivity contribution >= 4 is 23.5 Å². The molecule has 0 unspecified atom stereocenters. The number of carbonyl (C=O) groups excluding carboxylic acids is 2. The van der Waals surface area contributed by atoms with E-state index in [-0.39, 0.29) is 23.8 Å². The Bertz CT molecular complexity index is 626. The van der Waals surface area contributed by atoms with Crippen LogP contribution in [-0.2, 0) is 9.59 Å². The number of carbonyl (C=O) groups is 3. The zero-order valence-corrected chi connectivity index (χ0v) is 12.8. The summed E-state index contributed by atoms with van der Waals surface area (Å²) in [5, 5.41) is 11.9. The molecule has 23 heavy (non-hydrogen) atoms. The van der Waals surface area contributed by atoms with Gasteiger partial charge >= 0.3 is 5.97 Å². The molecule has 2 N–H and O–H groups in total. The van der Waals surface area contributed by atoms with E-state index >= 15 is 0 Å². The van der Waals surface area contributed by atoms with E-state index in [0.717, 1.165) is 18.7 Å². The van der Waals surface area contributed by atoms with Crippen molar-refractivity contribution in [1.82, 2.24) is 5.32 Å². The maximum atomic E-state index is 12.2. The van der Waals surface area contributed by atoms with Gasteiger partial charge in [-0.15, -0.1) is 0 Å². The van der Waals surface area contributed by atoms with Crippen molar-refractivity contribution in [3.63, 3.8) is 0 Å². The van der Waals surface area contributed by atoms with E-state index in [1.54, 1.807) is 29.2 Å². The minimum Gasteiger partial charge on any atom is -0.481 e. The zero-order chi connectivity index (χ0) is 16.4. The highest BCUT2D eigenvalue weighted by atomic mass is 16.4. The molecule has 2 aliphatic rings. The summed E-state index contributed by atoms with van der Waals surface area (Å²) < 4.78 is 0. The second-order valence-electron chi connectivity index (χ2n) is 6.21. The summed E-state index contributed by atoms with van der Waals surface area (Å²) in [5.74, 6) is -1.22. The molecule has 2 fully saturated rings. The Balaban J connectivity index is 1.60. The number of rotatable bonds is 4. The highest BCUT2D eigenvalue weighted by Crippen LogP contribution is 2.26. The van der Waals surface area contributed by atoms with Gasteiger partial charge in [-0.1, -0.05) is 0 Å². The molecule has 2 amide bonds. The minimum atomic E-state index is -0.790. The summed E-state index contributed by atoms with van der Waals surface area (Å²) in [6, 6.07) is 6.91. The number of nitrogens with zero attached hydrogens (tertiary/aromatic N) is 1. The molecule has 0 radical (unpaired) electrons. The molecule has 6 heteroatoms. The molecule has 1 aromatic rings. The lowest BCUT2D eigenvalue weighted by atomic mass is 10.1. The van der Waals surface area contributed by atoms with Crippen molar-refractivity contribution < 1.29 is 19.5 Å². The van der Waals surface area contributed by atoms with Gasteiger partial charge in [0, 0.05) is 30.3 Å². The summed E-state index contributed by atoms with van der Waals surface area (Å²) in [6.07, 6.45) is 3.24. The Morgan fingerprint density at radius 1 is 1.17 bits per heavy atom. The molecule has 1 heterocycles. The quantitative estimate of drug-likeness (QED) is 0.887. The predicted octanol–water partition coefficient (Wildman–Crippen LogP) is 1.80. The van der Waals surface area contributed by atoms with Crippen LogP contribution >= 0.6 is 0 Å². The van der Waals surface area contributed by atoms with Gasteiger partial charge in [-0.25, -0.2) is 0 Å². The molecule has 1 aromatic carbocycles. The van der Waals surface area contributed by atoms with E-state index in [0.29, 0.717) is 31.2 Å². The molecule has 3 rings (SSSR count). The highest BCUT2D eigenvalue weighted by molar-refractivity contribution is 5.97. The number of aliphatic carboxylic acids is 1. The molecule has 1 saturated heterocycles. The van der Waals surface area contributed by atoms with Crippen molar-refractivity contribution in [3.05, 3.63) is 29.8 Å². The van der Waals surface area contributed by atoms with E-state index in [2.05, 4.69) is 5.32 Å². The van der Waals surface area contributed by atoms with Gasteiger partial charge in [-0.3, -0.25) is 14.4 Å². The molecule has 1 saturated carbocycles. The standard InChI is InChI=1S/C17H20N2O4/c20-15-2-1-9-19(15)14-7-4-11(5-8-14)16(21)18-13-6-3-12(10-13)17(22)23/h4-5,7-8,12-13H,1-3,6,9-10H2,(H,18,21)(H,22,23)/t12-,13+/m1/s1. The summed E-state index contributed by atoms with van der Waals surface area (Å²) >= 11 is 0. The topological polar surface area (TPSA) is 86.7 Å². The molecule has 122 valence electrons. The first-order valence-corrected chi connectivity index (χ1v) is 7.98. The number of carboxylic acids is 1. The van der Waals surface area contributed by atoms with Gasteiger partial charge in [0.1, 0.15) is 0 Å². The lowest BCUT2D eigenvalue weighted by Gasteiger charge is -2.16. The average molecular weight is 316 g/mol. The third-order valence-corrected chi connectivity index (χ3v) is 4.63. The van der Waals surface area contributed by atoms with E-state index in [4.69, 9.17) is 5.11 Å². The van der Waals surface area contributed by atoms with Crippen molar-refractivity contribution in [2.24, 2.45) is 5.92 Å². The molecular formula is C17H20N2O4. The fourth-order valence-electron chi connectivity index (χ4n) is 3.32. The van der Waals surface area contributed by atoms with E-state index in [9.17, 15) is 14.4 Å². The van der Waals surface area contributed by atoms with E-state index in [1.807, 2.05) is 0 Å². The van der Waals surface area contributed by atoms with Gasteiger partial charge in [0.05, 0.1) is 5.92 Å². The Morgan fingerprint density at radius 3 is 2.48 bits per heavy atom. The van der Waals surface area contributed by atoms with Gasteiger partial charge < -0.3 is 15.3 Å². The Morgan fingerprint density at radius 2 is 1.91 bits per heavy atom. The van der Waals surface area contributed by atoms with Crippen LogP contribution in [-0.4, -0.2) is 35.5 Å². The summed E-state index contributed by atoms with van der Waals surface area (Å²) in [7, 11) is 0. The molecule has 0 bridgehead atoms. The van der Waals surface area contributed by atoms with E-state index in [1.165, 1.54) is 0 Å². The van der Waals surface area contributed by atoms with Gasteiger partial charge in [-0.2, -0.15) is 0 Å². The van der Waals surface area contributed by atoms with Crippen LogP contribution < -0.4 is 10.2 Å². The van der Waals surface area contributed by atoms with Crippen molar-refractivity contribution in [2.75, 3.05) is 11.4 Å². The largest absolute Gasteiger partial charge is 0.481 e. The van der Waals surface area contributed by atoms with Crippen LogP contribution in [0.4, 0.5) is 5.69 Å². The third-order valence-electron chi connectivity index (χ3n) is 4.63. The van der Waals surface area contributed by atoms with Crippen LogP contribution in [0.25, 0.3) is 0 Å². The molecule has 6 nitrogen and oxygen atoms in total. The van der Waals surface area contributed by atoms with Gasteiger partial charge in [-0.05, 0) is 49.9 Å². The maximum Gasteiger partial charge on any atom is 0.306 e. The first-order valence-electron chi connectivity index (χ1n) is 7.98. The van der Waals surface area contributed by atoms with Crippen molar-refractivity contribution in [3.8, 4) is 0 Å². The van der Waals surface area contributed by atoms with Crippen LogP contribution in [0.15, 0.2) is 24.3 Å². The number of carboxylic acid groups (broad SMARTS) is 1. The Hall–Kier alpha value is -2.37. The number of nitrogens with one attached hydrogen (secondary N) is 1. The minimum absolute atomic E-state index is 0.0802. The summed E-state index contributed by atoms with van der Waals surface area (Å²) in [5.41, 5.74) is 1.34. The maximum absolute atomic E-state index is 12.2. The second-order valence-corrected chi connectivity index (χ2v) is 6.21. The molecule has 0 spiro atoms. The van der Waals surface area contributed by atoms with Crippen LogP contribution in [0.5, 0.6) is 0 Å². The number of benzene rings is 1. The fourth-order valence-corrected chi connectivity index (χ4v) is 3.32. The average Bonchev–Trinajstić information content (AvgIpc) is 3.16. The monoisotopic (exact) mass is 316 g/mol. The number of hydrogen-bond acceptors (Lipinski definition) is 3. The lowest BCUT2D eigenvalue weighted by molar-refractivity contribution is -0.141. The van der Waals surface area contributed by atoms with Gasteiger partial charge in [0.2, 0.25) is 5.91 Å². The summed E-state index contributed by atoms with van der Waals surface area (Å²) in [6.45, 7) is 0.725. The van der Waals surface area contributed by atoms with Gasteiger partial charge in [0.25, 0.3) is 5.91 Å². The van der Waals surface area contributed by atoms with Crippen LogP contribution in [0.1, 0.15) is 42.5 Å². The smallest absolute Gasteiger partial charge is 0.306 e. The molecule has 2 atom stereocenters. The van der Waals surface area contributed by atoms with Crippen molar-refractivity contribution in [1.29, 1.82) is 0 Å². The second kappa shape index (κ2) is 6.40. The molecular weight excluding hydrogens is 296 g/mol. The first kappa shape index (κ1) is 15.5. The first-order chi connectivity index (χ1) is 11.0. The number of hydrogen-bond donors (Lipinski definition) is 2. The highest BCUT2D eigenvalue weighted by Gasteiger charge is 2.30. The van der Waals surface area contributed by atoms with E-state index < -0.39 is 5.97 Å². The number of amides is 2. The Labute approximate surface area is 134 Å². The van der Waals surface area contributed by atoms with Crippen LogP contribution in [0.3, 0.4) is 0 Å². The third kappa shape index (κ3) is 3.36. The normalized spacial score (nSPS) is 24.0. The lowest BCUT2D eigenvalue weighted by Crippen LogP contribution is -2.33. The SMILES string of the molecule is O=C(N[C@H]1CC[C@@H](C(=O)O)C1)c1ccc(N2CCCC2=O)cc1. The summed E-state index contributed by atoms with van der Waals surface area (Å²) in [4.78, 5) is 36.6. The van der Waals surface area contributed by atoms with Crippen LogP contribution in [0, 0.1) is 5.92 Å². The Kier molecular flexibility index (Phi) is 4.32. The predicted molar refractivity (Wildman–Crippen MR) is 84.3 cm³/mol. The van der Waals surface area contributed by atoms with Crippen LogP contribution in [0.2, 0.25) is 0 Å². The molecule has 1 aliphatic carbocycles. The number of anilines is 1. The van der Waals surface area contributed by atoms with Crippen molar-refractivity contribution in [2.45, 2.75) is 38.1 Å². The molecule has 1 aliphatic heterocycles. The molecule has 0 aromatic heterocycles. The zero-order valence-electron chi connectivity index (χ0n) is 12.8. The fraction of sp³-hybridized carbons (Fsp3) is 0.471.